The first kappa shape index (κ1) is 12.1. The lowest BCUT2D eigenvalue weighted by Gasteiger charge is -2.16. The van der Waals surface area contributed by atoms with Crippen LogP contribution in [0.15, 0.2) is 17.1 Å². The molecule has 0 spiro atoms. The third kappa shape index (κ3) is 1.98. The van der Waals surface area contributed by atoms with Gasteiger partial charge in [0.05, 0.1) is 0 Å². The summed E-state index contributed by atoms with van der Waals surface area (Å²) in [5.74, 6) is -0.445. The van der Waals surface area contributed by atoms with Crippen molar-refractivity contribution in [2.45, 2.75) is 31.5 Å². The van der Waals surface area contributed by atoms with E-state index in [4.69, 9.17) is 14.2 Å². The van der Waals surface area contributed by atoms with E-state index in [1.54, 1.807) is 0 Å². The number of aromatic nitrogens is 2. The second-order valence-corrected chi connectivity index (χ2v) is 4.40. The Labute approximate surface area is 107 Å². The summed E-state index contributed by atoms with van der Waals surface area (Å²) in [5.41, 5.74) is -0.419. The van der Waals surface area contributed by atoms with Gasteiger partial charge in [0.15, 0.2) is 12.3 Å². The van der Waals surface area contributed by atoms with Crippen molar-refractivity contribution in [1.29, 1.82) is 0 Å². The van der Waals surface area contributed by atoms with Gasteiger partial charge in [0.1, 0.15) is 18.8 Å². The highest BCUT2D eigenvalue weighted by Crippen LogP contribution is 2.38. The SMILES string of the molecule is CC(=O)OC[C@@H]1O[C@@H]2[C@H](Oc3nc(=O)ccn32)[C@H]1O. The van der Waals surface area contributed by atoms with Gasteiger partial charge in [-0.2, -0.15) is 4.98 Å². The van der Waals surface area contributed by atoms with Crippen LogP contribution in [-0.4, -0.2) is 45.5 Å². The molecule has 8 nitrogen and oxygen atoms in total. The summed E-state index contributed by atoms with van der Waals surface area (Å²) in [5, 5.41) is 10.1. The zero-order valence-corrected chi connectivity index (χ0v) is 10.1. The Kier molecular flexibility index (Phi) is 2.76. The summed E-state index contributed by atoms with van der Waals surface area (Å²) < 4.78 is 17.3. The Morgan fingerprint density at radius 3 is 3.16 bits per heavy atom. The number of fused-ring (bicyclic) bond motifs is 3. The van der Waals surface area contributed by atoms with Crippen molar-refractivity contribution in [3.8, 4) is 6.01 Å². The number of aliphatic hydroxyl groups excluding tert-OH is 1. The lowest BCUT2D eigenvalue weighted by Crippen LogP contribution is -2.36. The van der Waals surface area contributed by atoms with Gasteiger partial charge >= 0.3 is 12.0 Å². The molecule has 0 radical (unpaired) electrons. The quantitative estimate of drug-likeness (QED) is 0.674. The number of esters is 1. The minimum Gasteiger partial charge on any atom is -0.463 e. The highest BCUT2D eigenvalue weighted by Gasteiger charge is 2.51. The average Bonchev–Trinajstić information content (AvgIpc) is 2.84. The largest absolute Gasteiger partial charge is 0.463 e. The molecule has 1 aromatic rings. The first-order valence-electron chi connectivity index (χ1n) is 5.79. The minimum absolute atomic E-state index is 0.0458. The van der Waals surface area contributed by atoms with Gasteiger partial charge in [-0.1, -0.05) is 0 Å². The van der Waals surface area contributed by atoms with E-state index in [9.17, 15) is 14.7 Å². The first-order valence-corrected chi connectivity index (χ1v) is 5.79. The molecule has 102 valence electrons. The van der Waals surface area contributed by atoms with Crippen LogP contribution in [-0.2, 0) is 14.3 Å². The number of aliphatic hydroxyl groups is 1. The van der Waals surface area contributed by atoms with Crippen LogP contribution in [0.3, 0.4) is 0 Å². The molecule has 4 atom stereocenters. The van der Waals surface area contributed by atoms with Crippen molar-refractivity contribution in [3.05, 3.63) is 22.6 Å². The Morgan fingerprint density at radius 2 is 2.42 bits per heavy atom. The topological polar surface area (TPSA) is 99.9 Å². The maximum atomic E-state index is 11.1. The number of hydrogen-bond acceptors (Lipinski definition) is 7. The second kappa shape index (κ2) is 4.32. The Bertz CT molecular complexity index is 571. The van der Waals surface area contributed by atoms with E-state index >= 15 is 0 Å². The lowest BCUT2D eigenvalue weighted by atomic mass is 10.1. The van der Waals surface area contributed by atoms with E-state index in [0.717, 1.165) is 0 Å². The van der Waals surface area contributed by atoms with E-state index in [1.165, 1.54) is 23.8 Å². The van der Waals surface area contributed by atoms with Crippen molar-refractivity contribution >= 4 is 5.97 Å². The zero-order valence-electron chi connectivity index (χ0n) is 10.1. The molecule has 1 aromatic heterocycles. The van der Waals surface area contributed by atoms with Crippen LogP contribution in [0.25, 0.3) is 0 Å². The third-order valence-corrected chi connectivity index (χ3v) is 3.08. The highest BCUT2D eigenvalue weighted by molar-refractivity contribution is 5.65. The van der Waals surface area contributed by atoms with E-state index in [-0.39, 0.29) is 12.6 Å². The Balaban J connectivity index is 1.79. The fourth-order valence-electron chi connectivity index (χ4n) is 2.21. The predicted molar refractivity (Wildman–Crippen MR) is 59.5 cm³/mol. The summed E-state index contributed by atoms with van der Waals surface area (Å²) in [6.07, 6.45) is -1.35. The number of rotatable bonds is 2. The van der Waals surface area contributed by atoms with Gasteiger partial charge in [-0.25, -0.2) is 0 Å². The minimum atomic E-state index is -0.957. The molecule has 3 heterocycles. The lowest BCUT2D eigenvalue weighted by molar-refractivity contribution is -0.147. The molecule has 3 rings (SSSR count). The van der Waals surface area contributed by atoms with E-state index in [1.807, 2.05) is 0 Å². The molecule has 19 heavy (non-hydrogen) atoms. The molecule has 0 aromatic carbocycles. The Hall–Kier alpha value is -1.93. The van der Waals surface area contributed by atoms with Crippen LogP contribution < -0.4 is 10.3 Å². The fourth-order valence-corrected chi connectivity index (χ4v) is 2.21. The second-order valence-electron chi connectivity index (χ2n) is 4.40. The number of nitrogens with zero attached hydrogens (tertiary/aromatic N) is 2. The molecule has 1 N–H and O–H groups in total. The Morgan fingerprint density at radius 1 is 1.63 bits per heavy atom. The molecular formula is C11H12N2O6. The van der Waals surface area contributed by atoms with Crippen LogP contribution in [0, 0.1) is 0 Å². The standard InChI is InChI=1S/C11H12N2O6/c1-5(14)17-4-6-8(16)9-10(18-6)13-3-2-7(15)12-11(13)19-9/h2-3,6,8-10,16H,4H2,1H3/t6-,8-,9+,10+/m0/s1. The molecule has 2 aliphatic heterocycles. The van der Waals surface area contributed by atoms with Crippen LogP contribution >= 0.6 is 0 Å². The molecule has 8 heteroatoms. The molecule has 0 aliphatic carbocycles. The monoisotopic (exact) mass is 268 g/mol. The first-order chi connectivity index (χ1) is 9.06. The van der Waals surface area contributed by atoms with Gasteiger partial charge in [-0.3, -0.25) is 14.2 Å². The van der Waals surface area contributed by atoms with Gasteiger partial charge < -0.3 is 19.3 Å². The molecule has 1 fully saturated rings. The molecule has 0 saturated carbocycles. The van der Waals surface area contributed by atoms with Crippen molar-refractivity contribution in [2.75, 3.05) is 6.61 Å². The number of carbonyl (C=O) groups excluding carboxylic acids is 1. The van der Waals surface area contributed by atoms with Crippen molar-refractivity contribution < 1.29 is 24.1 Å². The normalized spacial score (nSPS) is 31.5. The zero-order chi connectivity index (χ0) is 13.6. The van der Waals surface area contributed by atoms with Gasteiger partial charge in [-0.05, 0) is 0 Å². The summed E-state index contributed by atoms with van der Waals surface area (Å²) in [7, 11) is 0. The van der Waals surface area contributed by atoms with Crippen LogP contribution in [0.1, 0.15) is 13.2 Å². The van der Waals surface area contributed by atoms with E-state index < -0.39 is 36.1 Å². The summed E-state index contributed by atoms with van der Waals surface area (Å²) in [4.78, 5) is 25.5. The van der Waals surface area contributed by atoms with Gasteiger partial charge in [0.25, 0.3) is 5.56 Å². The van der Waals surface area contributed by atoms with Gasteiger partial charge in [-0.15, -0.1) is 0 Å². The smallest absolute Gasteiger partial charge is 0.302 e. The van der Waals surface area contributed by atoms with Gasteiger partial charge in [0.2, 0.25) is 0 Å². The van der Waals surface area contributed by atoms with Crippen LogP contribution in [0.4, 0.5) is 0 Å². The molecule has 2 aliphatic rings. The van der Waals surface area contributed by atoms with Crippen molar-refractivity contribution in [2.24, 2.45) is 0 Å². The predicted octanol–water partition coefficient (Wildman–Crippen LogP) is -1.17. The maximum Gasteiger partial charge on any atom is 0.302 e. The number of ether oxygens (including phenoxy) is 3. The molecule has 1 saturated heterocycles. The van der Waals surface area contributed by atoms with Crippen molar-refractivity contribution in [3.63, 3.8) is 0 Å². The number of carbonyl (C=O) groups is 1. The number of hydrogen-bond donors (Lipinski definition) is 1. The van der Waals surface area contributed by atoms with E-state index in [2.05, 4.69) is 4.98 Å². The fraction of sp³-hybridized carbons (Fsp3) is 0.545. The van der Waals surface area contributed by atoms with Crippen molar-refractivity contribution in [1.82, 2.24) is 9.55 Å². The summed E-state index contributed by atoms with van der Waals surface area (Å²) >= 11 is 0. The average molecular weight is 268 g/mol. The highest BCUT2D eigenvalue weighted by atomic mass is 16.6. The molecule has 0 unspecified atom stereocenters. The third-order valence-electron chi connectivity index (χ3n) is 3.08. The summed E-state index contributed by atoms with van der Waals surface area (Å²) in [6.45, 7) is 1.23. The van der Waals surface area contributed by atoms with Gasteiger partial charge in [0, 0.05) is 19.2 Å². The van der Waals surface area contributed by atoms with Crippen LogP contribution in [0.2, 0.25) is 0 Å². The molecular weight excluding hydrogens is 256 g/mol. The van der Waals surface area contributed by atoms with Crippen LogP contribution in [0.5, 0.6) is 6.01 Å². The maximum absolute atomic E-state index is 11.1. The molecule has 0 amide bonds. The van der Waals surface area contributed by atoms with E-state index in [0.29, 0.717) is 0 Å². The summed E-state index contributed by atoms with van der Waals surface area (Å²) in [6, 6.07) is 1.40. The molecule has 0 bridgehead atoms.